The standard InChI is InChI=1S/C9H10F4N2O2S/c10-7-2-1-6(9(11,12)13)5-8(7)15-3-4-18(14,16)17/h1-2,5,15H,3-4H2,(H2,14,16,17). The summed E-state index contributed by atoms with van der Waals surface area (Å²) in [6.07, 6.45) is -4.59. The van der Waals surface area contributed by atoms with Crippen molar-refractivity contribution in [3.05, 3.63) is 29.6 Å². The molecule has 0 radical (unpaired) electrons. The van der Waals surface area contributed by atoms with Crippen LogP contribution in [0.5, 0.6) is 0 Å². The van der Waals surface area contributed by atoms with Crippen molar-refractivity contribution in [2.75, 3.05) is 17.6 Å². The van der Waals surface area contributed by atoms with Gasteiger partial charge in [0, 0.05) is 6.54 Å². The minimum absolute atomic E-state index is 0.281. The first-order valence-electron chi connectivity index (χ1n) is 4.71. The van der Waals surface area contributed by atoms with Gasteiger partial charge in [0.05, 0.1) is 17.0 Å². The summed E-state index contributed by atoms with van der Waals surface area (Å²) >= 11 is 0. The second-order valence-corrected chi connectivity index (χ2v) is 5.22. The number of nitrogens with one attached hydrogen (secondary N) is 1. The van der Waals surface area contributed by atoms with Crippen LogP contribution in [0.25, 0.3) is 0 Å². The van der Waals surface area contributed by atoms with Crippen molar-refractivity contribution in [1.82, 2.24) is 0 Å². The van der Waals surface area contributed by atoms with E-state index in [9.17, 15) is 26.0 Å². The van der Waals surface area contributed by atoms with Gasteiger partial charge in [0.15, 0.2) is 0 Å². The Labute approximate surface area is 101 Å². The molecule has 0 aliphatic carbocycles. The number of hydrogen-bond donors (Lipinski definition) is 2. The molecule has 1 rings (SSSR count). The average molecular weight is 286 g/mol. The van der Waals surface area contributed by atoms with Crippen LogP contribution in [0.4, 0.5) is 23.2 Å². The highest BCUT2D eigenvalue weighted by Gasteiger charge is 2.31. The molecular weight excluding hydrogens is 276 g/mol. The molecule has 3 N–H and O–H groups in total. The lowest BCUT2D eigenvalue weighted by Crippen LogP contribution is -2.22. The Morgan fingerprint density at radius 2 is 1.89 bits per heavy atom. The molecule has 0 fully saturated rings. The molecule has 0 aromatic heterocycles. The Bertz CT molecular complexity index is 528. The molecule has 0 amide bonds. The van der Waals surface area contributed by atoms with Crippen molar-refractivity contribution >= 4 is 15.7 Å². The topological polar surface area (TPSA) is 72.2 Å². The SMILES string of the molecule is NS(=O)(=O)CCNc1cc(C(F)(F)F)ccc1F. The third-order valence-corrected chi connectivity index (χ3v) is 2.77. The fourth-order valence-corrected chi connectivity index (χ4v) is 1.55. The number of anilines is 1. The summed E-state index contributed by atoms with van der Waals surface area (Å²) in [4.78, 5) is 0. The quantitative estimate of drug-likeness (QED) is 0.825. The van der Waals surface area contributed by atoms with Crippen LogP contribution in [0.3, 0.4) is 0 Å². The van der Waals surface area contributed by atoms with E-state index in [4.69, 9.17) is 5.14 Å². The third-order valence-electron chi connectivity index (χ3n) is 2.00. The summed E-state index contributed by atoms with van der Waals surface area (Å²) in [6, 6.07) is 1.82. The molecule has 4 nitrogen and oxygen atoms in total. The molecule has 0 spiro atoms. The minimum Gasteiger partial charge on any atom is -0.382 e. The third kappa shape index (κ3) is 4.49. The van der Waals surface area contributed by atoms with Gasteiger partial charge in [-0.1, -0.05) is 0 Å². The summed E-state index contributed by atoms with van der Waals surface area (Å²) in [7, 11) is -3.75. The Hall–Kier alpha value is -1.35. The van der Waals surface area contributed by atoms with Crippen molar-refractivity contribution in [3.63, 3.8) is 0 Å². The van der Waals surface area contributed by atoms with Gasteiger partial charge in [-0.15, -0.1) is 0 Å². The van der Waals surface area contributed by atoms with Crippen LogP contribution in [0.2, 0.25) is 0 Å². The highest BCUT2D eigenvalue weighted by Crippen LogP contribution is 2.31. The first-order valence-corrected chi connectivity index (χ1v) is 6.42. The van der Waals surface area contributed by atoms with E-state index >= 15 is 0 Å². The van der Waals surface area contributed by atoms with E-state index in [0.29, 0.717) is 18.2 Å². The molecule has 102 valence electrons. The van der Waals surface area contributed by atoms with Crippen molar-refractivity contribution in [2.45, 2.75) is 6.18 Å². The maximum atomic E-state index is 13.2. The Morgan fingerprint density at radius 3 is 2.39 bits per heavy atom. The molecule has 9 heteroatoms. The van der Waals surface area contributed by atoms with Gasteiger partial charge in [0.2, 0.25) is 10.0 Å². The van der Waals surface area contributed by atoms with Crippen LogP contribution in [0, 0.1) is 5.82 Å². The number of halogens is 4. The molecule has 0 saturated carbocycles. The second kappa shape index (κ2) is 5.11. The zero-order valence-electron chi connectivity index (χ0n) is 8.96. The number of alkyl halides is 3. The lowest BCUT2D eigenvalue weighted by molar-refractivity contribution is -0.137. The van der Waals surface area contributed by atoms with Crippen LogP contribution in [0.1, 0.15) is 5.56 Å². The molecule has 0 bridgehead atoms. The monoisotopic (exact) mass is 286 g/mol. The highest BCUT2D eigenvalue weighted by atomic mass is 32.2. The molecule has 0 aliphatic heterocycles. The van der Waals surface area contributed by atoms with Gasteiger partial charge in [-0.25, -0.2) is 17.9 Å². The predicted molar refractivity (Wildman–Crippen MR) is 57.9 cm³/mol. The van der Waals surface area contributed by atoms with E-state index in [1.807, 2.05) is 0 Å². The van der Waals surface area contributed by atoms with Crippen molar-refractivity contribution in [3.8, 4) is 0 Å². The predicted octanol–water partition coefficient (Wildman–Crippen LogP) is 1.54. The molecule has 0 heterocycles. The van der Waals surface area contributed by atoms with Crippen LogP contribution in [0.15, 0.2) is 18.2 Å². The molecule has 1 aromatic rings. The average Bonchev–Trinajstić information content (AvgIpc) is 2.17. The highest BCUT2D eigenvalue weighted by molar-refractivity contribution is 7.89. The van der Waals surface area contributed by atoms with Crippen molar-refractivity contribution in [2.24, 2.45) is 5.14 Å². The zero-order valence-corrected chi connectivity index (χ0v) is 9.78. The summed E-state index contributed by atoms with van der Waals surface area (Å²) in [5.74, 6) is -1.42. The molecule has 1 aromatic carbocycles. The molecule has 0 saturated heterocycles. The van der Waals surface area contributed by atoms with E-state index in [1.165, 1.54) is 0 Å². The van der Waals surface area contributed by atoms with Gasteiger partial charge in [-0.3, -0.25) is 0 Å². The number of benzene rings is 1. The Kier molecular flexibility index (Phi) is 4.17. The van der Waals surface area contributed by atoms with Crippen LogP contribution < -0.4 is 10.5 Å². The maximum absolute atomic E-state index is 13.2. The van der Waals surface area contributed by atoms with Gasteiger partial charge in [-0.05, 0) is 18.2 Å². The van der Waals surface area contributed by atoms with E-state index < -0.39 is 39.0 Å². The molecule has 0 aliphatic rings. The van der Waals surface area contributed by atoms with E-state index in [-0.39, 0.29) is 6.54 Å². The summed E-state index contributed by atoms with van der Waals surface area (Å²) < 4.78 is 71.4. The number of sulfonamides is 1. The fraction of sp³-hybridized carbons (Fsp3) is 0.333. The van der Waals surface area contributed by atoms with Crippen molar-refractivity contribution < 1.29 is 26.0 Å². The van der Waals surface area contributed by atoms with Gasteiger partial charge >= 0.3 is 6.18 Å². The second-order valence-electron chi connectivity index (χ2n) is 3.49. The van der Waals surface area contributed by atoms with Gasteiger partial charge in [-0.2, -0.15) is 13.2 Å². The number of hydrogen-bond acceptors (Lipinski definition) is 3. The van der Waals surface area contributed by atoms with Gasteiger partial charge in [0.25, 0.3) is 0 Å². The fourth-order valence-electron chi connectivity index (χ4n) is 1.17. The van der Waals surface area contributed by atoms with Gasteiger partial charge in [0.1, 0.15) is 5.82 Å². The van der Waals surface area contributed by atoms with E-state index in [1.54, 1.807) is 0 Å². The summed E-state index contributed by atoms with van der Waals surface area (Å²) in [5.41, 5.74) is -1.45. The minimum atomic E-state index is -4.59. The van der Waals surface area contributed by atoms with Crippen LogP contribution in [-0.2, 0) is 16.2 Å². The number of rotatable bonds is 4. The maximum Gasteiger partial charge on any atom is 0.416 e. The zero-order chi connectivity index (χ0) is 14.0. The molecular formula is C9H10F4N2O2S. The lowest BCUT2D eigenvalue weighted by Gasteiger charge is -2.11. The van der Waals surface area contributed by atoms with Crippen LogP contribution >= 0.6 is 0 Å². The lowest BCUT2D eigenvalue weighted by atomic mass is 10.2. The summed E-state index contributed by atoms with van der Waals surface area (Å²) in [5, 5.41) is 6.94. The largest absolute Gasteiger partial charge is 0.416 e. The molecule has 18 heavy (non-hydrogen) atoms. The van der Waals surface area contributed by atoms with Gasteiger partial charge < -0.3 is 5.32 Å². The smallest absolute Gasteiger partial charge is 0.382 e. The Balaban J connectivity index is 2.82. The first kappa shape index (κ1) is 14.7. The van der Waals surface area contributed by atoms with Crippen molar-refractivity contribution in [1.29, 1.82) is 0 Å². The number of nitrogens with two attached hydrogens (primary N) is 1. The van der Waals surface area contributed by atoms with E-state index in [2.05, 4.69) is 5.32 Å². The molecule has 0 atom stereocenters. The van der Waals surface area contributed by atoms with Crippen LogP contribution in [-0.4, -0.2) is 20.7 Å². The normalized spacial score (nSPS) is 12.5. The van der Waals surface area contributed by atoms with E-state index in [0.717, 1.165) is 0 Å². The molecule has 0 unspecified atom stereocenters. The number of primary sulfonamides is 1. The summed E-state index contributed by atoms with van der Waals surface area (Å²) in [6.45, 7) is -0.281. The first-order chi connectivity index (χ1) is 8.09. The Morgan fingerprint density at radius 1 is 1.28 bits per heavy atom.